The minimum atomic E-state index is -4.44. The van der Waals surface area contributed by atoms with Crippen LogP contribution in [-0.2, 0) is 11.0 Å². The molecule has 1 aromatic rings. The lowest BCUT2D eigenvalue weighted by Gasteiger charge is -2.18. The van der Waals surface area contributed by atoms with Gasteiger partial charge in [-0.15, -0.1) is 0 Å². The number of hydrogen-bond acceptors (Lipinski definition) is 3. The van der Waals surface area contributed by atoms with E-state index in [9.17, 15) is 18.0 Å². The van der Waals surface area contributed by atoms with Crippen LogP contribution < -0.4 is 10.6 Å². The van der Waals surface area contributed by atoms with E-state index in [1.54, 1.807) is 6.07 Å². The molecule has 0 atom stereocenters. The first-order valence-corrected chi connectivity index (χ1v) is 5.23. The van der Waals surface area contributed by atoms with Crippen molar-refractivity contribution >= 4 is 11.6 Å². The van der Waals surface area contributed by atoms with Crippen molar-refractivity contribution in [2.75, 3.05) is 4.90 Å². The number of hydrogen-bond donors (Lipinski definition) is 1. The van der Waals surface area contributed by atoms with E-state index in [4.69, 9.17) is 11.0 Å². The van der Waals surface area contributed by atoms with Crippen molar-refractivity contribution in [3.05, 3.63) is 41.2 Å². The van der Waals surface area contributed by atoms with Gasteiger partial charge in [0.2, 0.25) is 5.91 Å². The third-order valence-electron chi connectivity index (χ3n) is 2.72. The summed E-state index contributed by atoms with van der Waals surface area (Å²) >= 11 is 0. The van der Waals surface area contributed by atoms with E-state index in [1.807, 2.05) is 0 Å². The van der Waals surface area contributed by atoms with Crippen LogP contribution >= 0.6 is 0 Å². The van der Waals surface area contributed by atoms with Gasteiger partial charge in [0, 0.05) is 0 Å². The molecule has 0 saturated heterocycles. The van der Waals surface area contributed by atoms with Crippen LogP contribution in [0.15, 0.2) is 35.7 Å². The second-order valence-electron chi connectivity index (χ2n) is 3.93. The van der Waals surface area contributed by atoms with Crippen LogP contribution in [0.25, 0.3) is 0 Å². The van der Waals surface area contributed by atoms with Gasteiger partial charge in [-0.1, -0.05) is 0 Å². The molecule has 2 rings (SSSR count). The van der Waals surface area contributed by atoms with E-state index in [0.29, 0.717) is 0 Å². The number of halogens is 3. The number of carbonyl (C=O) groups excluding carboxylic acids is 1. The second kappa shape index (κ2) is 4.31. The van der Waals surface area contributed by atoms with Crippen molar-refractivity contribution < 1.29 is 18.0 Å². The fraction of sp³-hybridized carbons (Fsp3) is 0.167. The predicted octanol–water partition coefficient (Wildman–Crippen LogP) is 2.14. The van der Waals surface area contributed by atoms with Gasteiger partial charge in [-0.2, -0.15) is 18.4 Å². The SMILES string of the molecule is N#CC1=C(N)N(c2ccc(C(F)(F)F)cc2)C(=O)C1. The quantitative estimate of drug-likeness (QED) is 0.847. The summed E-state index contributed by atoms with van der Waals surface area (Å²) in [6, 6.07) is 5.81. The Morgan fingerprint density at radius 3 is 2.26 bits per heavy atom. The van der Waals surface area contributed by atoms with Crippen molar-refractivity contribution in [1.82, 2.24) is 0 Å². The van der Waals surface area contributed by atoms with Crippen LogP contribution in [0.2, 0.25) is 0 Å². The first-order valence-electron chi connectivity index (χ1n) is 5.23. The third-order valence-corrected chi connectivity index (χ3v) is 2.72. The molecule has 1 aliphatic rings. The summed E-state index contributed by atoms with van der Waals surface area (Å²) in [6.45, 7) is 0. The molecule has 4 nitrogen and oxygen atoms in total. The lowest BCUT2D eigenvalue weighted by molar-refractivity contribution is -0.137. The van der Waals surface area contributed by atoms with E-state index in [1.165, 1.54) is 0 Å². The first-order chi connectivity index (χ1) is 8.84. The molecule has 0 aromatic heterocycles. The number of benzene rings is 1. The molecule has 98 valence electrons. The number of amides is 1. The van der Waals surface area contributed by atoms with Gasteiger partial charge in [0.1, 0.15) is 5.82 Å². The van der Waals surface area contributed by atoms with Crippen molar-refractivity contribution in [1.29, 1.82) is 5.26 Å². The van der Waals surface area contributed by atoms with Gasteiger partial charge in [-0.25, -0.2) is 0 Å². The maximum Gasteiger partial charge on any atom is 0.416 e. The van der Waals surface area contributed by atoms with Crippen LogP contribution in [0.4, 0.5) is 18.9 Å². The summed E-state index contributed by atoms with van der Waals surface area (Å²) in [6.07, 6.45) is -4.57. The highest BCUT2D eigenvalue weighted by Crippen LogP contribution is 2.32. The van der Waals surface area contributed by atoms with Crippen molar-refractivity contribution in [2.24, 2.45) is 5.73 Å². The average molecular weight is 267 g/mol. The van der Waals surface area contributed by atoms with Gasteiger partial charge in [-0.05, 0) is 24.3 Å². The zero-order valence-corrected chi connectivity index (χ0v) is 9.53. The summed E-state index contributed by atoms with van der Waals surface area (Å²) in [5, 5.41) is 8.75. The molecule has 1 aromatic carbocycles. The van der Waals surface area contributed by atoms with E-state index in [0.717, 1.165) is 29.2 Å². The normalized spacial score (nSPS) is 15.9. The molecule has 1 heterocycles. The monoisotopic (exact) mass is 267 g/mol. The summed E-state index contributed by atoms with van der Waals surface area (Å²) in [4.78, 5) is 12.7. The molecular weight excluding hydrogens is 259 g/mol. The van der Waals surface area contributed by atoms with Gasteiger partial charge in [0.25, 0.3) is 0 Å². The highest BCUT2D eigenvalue weighted by atomic mass is 19.4. The van der Waals surface area contributed by atoms with Crippen LogP contribution in [0.1, 0.15) is 12.0 Å². The standard InChI is InChI=1S/C12H8F3N3O/c13-12(14,15)8-1-3-9(4-2-8)18-10(19)5-7(6-16)11(18)17/h1-4H,5,17H2. The largest absolute Gasteiger partial charge is 0.416 e. The number of nitrogens with two attached hydrogens (primary N) is 1. The third kappa shape index (κ3) is 2.25. The maximum absolute atomic E-state index is 12.4. The molecule has 2 N–H and O–H groups in total. The second-order valence-corrected chi connectivity index (χ2v) is 3.93. The summed E-state index contributed by atoms with van der Waals surface area (Å²) in [5.41, 5.74) is 5.13. The Morgan fingerprint density at radius 1 is 1.26 bits per heavy atom. The van der Waals surface area contributed by atoms with E-state index >= 15 is 0 Å². The number of nitriles is 1. The van der Waals surface area contributed by atoms with E-state index in [2.05, 4.69) is 0 Å². The molecule has 1 amide bonds. The number of nitrogens with zero attached hydrogens (tertiary/aromatic N) is 2. The molecule has 0 bridgehead atoms. The maximum atomic E-state index is 12.4. The summed E-state index contributed by atoms with van der Waals surface area (Å²) in [5.74, 6) is -0.471. The number of rotatable bonds is 1. The Labute approximate surface area is 106 Å². The van der Waals surface area contributed by atoms with Gasteiger partial charge in [-0.3, -0.25) is 9.69 Å². The average Bonchev–Trinajstić information content (AvgIpc) is 2.63. The molecule has 0 radical (unpaired) electrons. The Hall–Kier alpha value is -2.49. The zero-order valence-electron chi connectivity index (χ0n) is 9.53. The van der Waals surface area contributed by atoms with Gasteiger partial charge < -0.3 is 5.73 Å². The lowest BCUT2D eigenvalue weighted by atomic mass is 10.2. The van der Waals surface area contributed by atoms with Crippen LogP contribution in [0.5, 0.6) is 0 Å². The first kappa shape index (κ1) is 13.0. The topological polar surface area (TPSA) is 70.1 Å². The van der Waals surface area contributed by atoms with Crippen LogP contribution in [0.3, 0.4) is 0 Å². The predicted molar refractivity (Wildman–Crippen MR) is 60.4 cm³/mol. The van der Waals surface area contributed by atoms with Crippen LogP contribution in [0, 0.1) is 11.3 Å². The van der Waals surface area contributed by atoms with E-state index in [-0.39, 0.29) is 23.5 Å². The van der Waals surface area contributed by atoms with Crippen molar-refractivity contribution in [3.63, 3.8) is 0 Å². The Morgan fingerprint density at radius 2 is 1.84 bits per heavy atom. The lowest BCUT2D eigenvalue weighted by Crippen LogP contribution is -2.28. The molecule has 0 unspecified atom stereocenters. The zero-order chi connectivity index (χ0) is 14.2. The van der Waals surface area contributed by atoms with Gasteiger partial charge in [0.05, 0.1) is 29.3 Å². The van der Waals surface area contributed by atoms with Gasteiger partial charge >= 0.3 is 6.18 Å². The molecule has 19 heavy (non-hydrogen) atoms. The molecule has 0 spiro atoms. The number of anilines is 1. The van der Waals surface area contributed by atoms with Crippen molar-refractivity contribution in [2.45, 2.75) is 12.6 Å². The highest BCUT2D eigenvalue weighted by Gasteiger charge is 2.32. The van der Waals surface area contributed by atoms with Crippen molar-refractivity contribution in [3.8, 4) is 6.07 Å². The fourth-order valence-electron chi connectivity index (χ4n) is 1.77. The summed E-state index contributed by atoms with van der Waals surface area (Å²) < 4.78 is 37.2. The van der Waals surface area contributed by atoms with Gasteiger partial charge in [0.15, 0.2) is 0 Å². The molecule has 0 aliphatic carbocycles. The minimum Gasteiger partial charge on any atom is -0.384 e. The molecule has 0 fully saturated rings. The number of carbonyl (C=O) groups is 1. The number of alkyl halides is 3. The Balaban J connectivity index is 2.37. The molecule has 1 aliphatic heterocycles. The van der Waals surface area contributed by atoms with E-state index < -0.39 is 17.6 Å². The molecule has 0 saturated carbocycles. The summed E-state index contributed by atoms with van der Waals surface area (Å²) in [7, 11) is 0. The smallest absolute Gasteiger partial charge is 0.384 e. The minimum absolute atomic E-state index is 0.0349. The molecular formula is C12H8F3N3O. The van der Waals surface area contributed by atoms with Crippen LogP contribution in [-0.4, -0.2) is 5.91 Å². The highest BCUT2D eigenvalue weighted by molar-refractivity contribution is 6.01. The molecule has 7 heteroatoms. The Kier molecular flexibility index (Phi) is 2.94. The fourth-order valence-corrected chi connectivity index (χ4v) is 1.77. The Bertz CT molecular complexity index is 596.